The molecule has 0 spiro atoms. The second-order valence-corrected chi connectivity index (χ2v) is 3.09. The van der Waals surface area contributed by atoms with E-state index in [9.17, 15) is 0 Å². The van der Waals surface area contributed by atoms with Crippen molar-refractivity contribution in [2.45, 2.75) is 6.61 Å². The summed E-state index contributed by atoms with van der Waals surface area (Å²) in [5.74, 6) is 0. The zero-order chi connectivity index (χ0) is 8.55. The summed E-state index contributed by atoms with van der Waals surface area (Å²) in [5, 5.41) is 12.9. The van der Waals surface area contributed by atoms with Gasteiger partial charge in [0.1, 0.15) is 0 Å². The van der Waals surface area contributed by atoms with E-state index in [2.05, 4.69) is 26.0 Å². The molecule has 2 rings (SSSR count). The molecule has 0 aliphatic rings. The number of hydrogen-bond acceptors (Lipinski definition) is 3. The van der Waals surface area contributed by atoms with E-state index in [1.807, 2.05) is 0 Å². The van der Waals surface area contributed by atoms with Crippen molar-refractivity contribution in [2.75, 3.05) is 0 Å². The van der Waals surface area contributed by atoms with Gasteiger partial charge in [0.2, 0.25) is 4.73 Å². The maximum atomic E-state index is 8.83. The highest BCUT2D eigenvalue weighted by Gasteiger charge is 1.99. The zero-order valence-electron chi connectivity index (χ0n) is 6.11. The van der Waals surface area contributed by atoms with Crippen LogP contribution in [-0.2, 0) is 6.61 Å². The monoisotopic (exact) mass is 227 g/mol. The maximum Gasteiger partial charge on any atom is 0.218 e. The van der Waals surface area contributed by atoms with E-state index in [1.54, 1.807) is 22.8 Å². The summed E-state index contributed by atoms with van der Waals surface area (Å²) in [4.78, 5) is 4.08. The molecule has 0 unspecified atom stereocenters. The normalized spacial score (nSPS) is 10.8. The molecule has 2 aromatic rings. The average molecular weight is 228 g/mol. The van der Waals surface area contributed by atoms with Crippen molar-refractivity contribution < 1.29 is 5.11 Å². The summed E-state index contributed by atoms with van der Waals surface area (Å²) >= 11 is 3.17. The van der Waals surface area contributed by atoms with Gasteiger partial charge in [-0.25, -0.2) is 9.50 Å². The Kier molecular flexibility index (Phi) is 1.82. The second kappa shape index (κ2) is 2.84. The first kappa shape index (κ1) is 7.70. The van der Waals surface area contributed by atoms with Gasteiger partial charge in [0.05, 0.1) is 6.61 Å². The molecule has 0 bridgehead atoms. The minimum Gasteiger partial charge on any atom is -0.392 e. The van der Waals surface area contributed by atoms with Crippen LogP contribution in [0.25, 0.3) is 5.65 Å². The van der Waals surface area contributed by atoms with E-state index in [1.165, 1.54) is 0 Å². The van der Waals surface area contributed by atoms with E-state index in [4.69, 9.17) is 5.11 Å². The molecule has 2 aromatic heterocycles. The first-order valence-electron chi connectivity index (χ1n) is 3.41. The molecule has 0 radical (unpaired) electrons. The van der Waals surface area contributed by atoms with Crippen LogP contribution >= 0.6 is 15.9 Å². The van der Waals surface area contributed by atoms with Crippen LogP contribution in [0, 0.1) is 0 Å². The zero-order valence-corrected chi connectivity index (χ0v) is 7.69. The number of pyridine rings is 1. The fraction of sp³-hybridized carbons (Fsp3) is 0.143. The standard InChI is InChI=1S/C7H6BrN3O/c8-7-9-6-3-5(4-12)1-2-11(6)10-7/h1-3,12H,4H2. The molecule has 0 amide bonds. The summed E-state index contributed by atoms with van der Waals surface area (Å²) in [6, 6.07) is 3.59. The Morgan fingerprint density at radius 1 is 1.58 bits per heavy atom. The molecule has 0 fully saturated rings. The van der Waals surface area contributed by atoms with Gasteiger partial charge < -0.3 is 5.11 Å². The second-order valence-electron chi connectivity index (χ2n) is 2.38. The Morgan fingerprint density at radius 2 is 2.42 bits per heavy atom. The lowest BCUT2D eigenvalue weighted by Crippen LogP contribution is -1.89. The number of aliphatic hydroxyl groups excluding tert-OH is 1. The first-order chi connectivity index (χ1) is 5.79. The van der Waals surface area contributed by atoms with Crippen LogP contribution in [0.15, 0.2) is 23.1 Å². The Balaban J connectivity index is 2.66. The van der Waals surface area contributed by atoms with Crippen LogP contribution in [0.2, 0.25) is 0 Å². The van der Waals surface area contributed by atoms with Gasteiger partial charge in [-0.3, -0.25) is 0 Å². The Hall–Kier alpha value is -0.940. The number of aromatic nitrogens is 3. The molecule has 5 heteroatoms. The lowest BCUT2D eigenvalue weighted by atomic mass is 10.3. The average Bonchev–Trinajstić information content (AvgIpc) is 2.43. The van der Waals surface area contributed by atoms with Crippen molar-refractivity contribution in [2.24, 2.45) is 0 Å². The van der Waals surface area contributed by atoms with E-state index in [-0.39, 0.29) is 6.61 Å². The maximum absolute atomic E-state index is 8.83. The Morgan fingerprint density at radius 3 is 3.17 bits per heavy atom. The van der Waals surface area contributed by atoms with Gasteiger partial charge in [0.25, 0.3) is 0 Å². The Labute approximate surface area is 77.0 Å². The smallest absolute Gasteiger partial charge is 0.218 e. The lowest BCUT2D eigenvalue weighted by Gasteiger charge is -1.94. The van der Waals surface area contributed by atoms with Crippen LogP contribution in [-0.4, -0.2) is 19.7 Å². The van der Waals surface area contributed by atoms with Gasteiger partial charge in [0, 0.05) is 6.20 Å². The lowest BCUT2D eigenvalue weighted by molar-refractivity contribution is 0.282. The van der Waals surface area contributed by atoms with Crippen LogP contribution in [0.3, 0.4) is 0 Å². The predicted molar refractivity (Wildman–Crippen MR) is 46.6 cm³/mol. The molecule has 0 aliphatic carbocycles. The van der Waals surface area contributed by atoms with Crippen LogP contribution in [0.5, 0.6) is 0 Å². The van der Waals surface area contributed by atoms with E-state index in [0.29, 0.717) is 4.73 Å². The molecule has 0 atom stereocenters. The topological polar surface area (TPSA) is 50.4 Å². The predicted octanol–water partition coefficient (Wildman–Crippen LogP) is 0.984. The summed E-state index contributed by atoms with van der Waals surface area (Å²) in [6.45, 7) is 0.0287. The van der Waals surface area contributed by atoms with Crippen molar-refractivity contribution in [3.63, 3.8) is 0 Å². The fourth-order valence-corrected chi connectivity index (χ4v) is 1.35. The minimum atomic E-state index is 0.0287. The third kappa shape index (κ3) is 1.21. The number of aliphatic hydroxyl groups is 1. The molecule has 0 aromatic carbocycles. The van der Waals surface area contributed by atoms with Crippen molar-refractivity contribution in [3.05, 3.63) is 28.6 Å². The molecule has 1 N–H and O–H groups in total. The van der Waals surface area contributed by atoms with Crippen molar-refractivity contribution >= 4 is 21.6 Å². The molecule has 4 nitrogen and oxygen atoms in total. The van der Waals surface area contributed by atoms with Gasteiger partial charge in [-0.2, -0.15) is 0 Å². The number of nitrogens with zero attached hydrogens (tertiary/aromatic N) is 3. The van der Waals surface area contributed by atoms with Crippen LogP contribution < -0.4 is 0 Å². The van der Waals surface area contributed by atoms with E-state index >= 15 is 0 Å². The van der Waals surface area contributed by atoms with Gasteiger partial charge in [0.15, 0.2) is 5.65 Å². The summed E-state index contributed by atoms with van der Waals surface area (Å²) in [6.07, 6.45) is 1.76. The molecule has 62 valence electrons. The first-order valence-corrected chi connectivity index (χ1v) is 4.20. The van der Waals surface area contributed by atoms with E-state index in [0.717, 1.165) is 11.2 Å². The van der Waals surface area contributed by atoms with Crippen molar-refractivity contribution in [3.8, 4) is 0 Å². The molecular formula is C7H6BrN3O. The SMILES string of the molecule is OCc1ccn2nc(Br)nc2c1. The largest absolute Gasteiger partial charge is 0.392 e. The molecular weight excluding hydrogens is 222 g/mol. The molecule has 0 saturated carbocycles. The quantitative estimate of drug-likeness (QED) is 0.791. The van der Waals surface area contributed by atoms with Gasteiger partial charge in [-0.1, -0.05) is 0 Å². The number of rotatable bonds is 1. The molecule has 12 heavy (non-hydrogen) atoms. The summed E-state index contributed by atoms with van der Waals surface area (Å²) < 4.78 is 2.20. The molecule has 2 heterocycles. The number of hydrogen-bond donors (Lipinski definition) is 1. The molecule has 0 aliphatic heterocycles. The summed E-state index contributed by atoms with van der Waals surface area (Å²) in [7, 11) is 0. The van der Waals surface area contributed by atoms with Gasteiger partial charge in [-0.05, 0) is 33.6 Å². The third-order valence-corrected chi connectivity index (χ3v) is 1.89. The van der Waals surface area contributed by atoms with Crippen molar-refractivity contribution in [1.29, 1.82) is 0 Å². The van der Waals surface area contributed by atoms with Gasteiger partial charge >= 0.3 is 0 Å². The third-order valence-electron chi connectivity index (χ3n) is 1.56. The van der Waals surface area contributed by atoms with Crippen molar-refractivity contribution in [1.82, 2.24) is 14.6 Å². The number of fused-ring (bicyclic) bond motifs is 1. The highest BCUT2D eigenvalue weighted by Crippen LogP contribution is 2.08. The van der Waals surface area contributed by atoms with E-state index < -0.39 is 0 Å². The minimum absolute atomic E-state index is 0.0287. The highest BCUT2D eigenvalue weighted by molar-refractivity contribution is 9.10. The van der Waals surface area contributed by atoms with Gasteiger partial charge in [-0.15, -0.1) is 5.10 Å². The van der Waals surface area contributed by atoms with Crippen LogP contribution in [0.4, 0.5) is 0 Å². The number of halogens is 1. The highest BCUT2D eigenvalue weighted by atomic mass is 79.9. The van der Waals surface area contributed by atoms with Crippen LogP contribution in [0.1, 0.15) is 5.56 Å². The summed E-state index contributed by atoms with van der Waals surface area (Å²) in [5.41, 5.74) is 1.57. The fourth-order valence-electron chi connectivity index (χ4n) is 0.995. The molecule has 0 saturated heterocycles. The Bertz CT molecular complexity index is 412.